The molecule has 3 nitrogen and oxygen atoms in total. The quantitative estimate of drug-likeness (QED) is 0.849. The second-order valence-electron chi connectivity index (χ2n) is 5.54. The highest BCUT2D eigenvalue weighted by Gasteiger charge is 2.26. The number of hydrogen-bond acceptors (Lipinski definition) is 2. The fraction of sp³-hybridized carbons (Fsp3) is 0.438. The van der Waals surface area contributed by atoms with Crippen LogP contribution in [0.3, 0.4) is 0 Å². The smallest absolute Gasteiger partial charge is 0.253 e. The molecule has 20 heavy (non-hydrogen) atoms. The first-order valence-electron chi connectivity index (χ1n) is 6.85. The summed E-state index contributed by atoms with van der Waals surface area (Å²) in [5.41, 5.74) is 1.53. The van der Waals surface area contributed by atoms with E-state index in [4.69, 9.17) is 16.3 Å². The molecular weight excluding hydrogens is 274 g/mol. The summed E-state index contributed by atoms with van der Waals surface area (Å²) in [7, 11) is 0. The van der Waals surface area contributed by atoms with Gasteiger partial charge in [-0.05, 0) is 52.0 Å². The number of amides is 1. The Labute approximate surface area is 125 Å². The zero-order chi connectivity index (χ0) is 14.9. The summed E-state index contributed by atoms with van der Waals surface area (Å²) >= 11 is 5.99. The largest absolute Gasteiger partial charge is 0.488 e. The Hall–Kier alpha value is -1.48. The van der Waals surface area contributed by atoms with Gasteiger partial charge in [0.1, 0.15) is 12.4 Å². The van der Waals surface area contributed by atoms with Gasteiger partial charge in [0.15, 0.2) is 0 Å². The standard InChI is InChI=1S/C16H20ClNO2/c1-10(2)18(11(3)4)16(19)13-7-12-8-14(17)5-6-15(12)20-9-13/h5-8,10-11H,9H2,1-4H3. The van der Waals surface area contributed by atoms with E-state index < -0.39 is 0 Å². The van der Waals surface area contributed by atoms with Crippen LogP contribution >= 0.6 is 11.6 Å². The van der Waals surface area contributed by atoms with Crippen LogP contribution in [-0.4, -0.2) is 29.5 Å². The van der Waals surface area contributed by atoms with E-state index in [1.165, 1.54) is 0 Å². The molecule has 0 aliphatic carbocycles. The van der Waals surface area contributed by atoms with Crippen molar-refractivity contribution in [2.45, 2.75) is 39.8 Å². The molecule has 1 amide bonds. The fourth-order valence-electron chi connectivity index (χ4n) is 2.50. The Kier molecular flexibility index (Phi) is 4.39. The Morgan fingerprint density at radius 2 is 1.90 bits per heavy atom. The molecule has 1 aromatic carbocycles. The summed E-state index contributed by atoms with van der Waals surface area (Å²) in [6, 6.07) is 5.75. The number of benzene rings is 1. The van der Waals surface area contributed by atoms with Gasteiger partial charge in [-0.1, -0.05) is 11.6 Å². The first-order valence-corrected chi connectivity index (χ1v) is 7.23. The van der Waals surface area contributed by atoms with Crippen molar-refractivity contribution in [2.24, 2.45) is 0 Å². The van der Waals surface area contributed by atoms with Gasteiger partial charge in [-0.25, -0.2) is 0 Å². The predicted octanol–water partition coefficient (Wildman–Crippen LogP) is 3.76. The molecule has 0 saturated carbocycles. The van der Waals surface area contributed by atoms with Crippen molar-refractivity contribution in [3.05, 3.63) is 34.4 Å². The van der Waals surface area contributed by atoms with Crippen molar-refractivity contribution in [3.63, 3.8) is 0 Å². The molecule has 0 bridgehead atoms. The number of halogens is 1. The van der Waals surface area contributed by atoms with Gasteiger partial charge >= 0.3 is 0 Å². The number of fused-ring (bicyclic) bond motifs is 1. The van der Waals surface area contributed by atoms with Gasteiger partial charge < -0.3 is 9.64 Å². The summed E-state index contributed by atoms with van der Waals surface area (Å²) in [4.78, 5) is 14.5. The number of nitrogens with zero attached hydrogens (tertiary/aromatic N) is 1. The van der Waals surface area contributed by atoms with E-state index in [1.54, 1.807) is 6.07 Å². The number of ether oxygens (including phenoxy) is 1. The summed E-state index contributed by atoms with van der Waals surface area (Å²) in [5.74, 6) is 0.798. The Bertz CT molecular complexity index is 541. The van der Waals surface area contributed by atoms with Crippen LogP contribution in [0.1, 0.15) is 33.3 Å². The second-order valence-corrected chi connectivity index (χ2v) is 5.98. The van der Waals surface area contributed by atoms with Crippen LogP contribution in [0.5, 0.6) is 5.75 Å². The molecule has 1 aliphatic heterocycles. The maximum atomic E-state index is 12.6. The minimum Gasteiger partial charge on any atom is -0.488 e. The van der Waals surface area contributed by atoms with Crippen molar-refractivity contribution in [1.82, 2.24) is 4.90 Å². The van der Waals surface area contributed by atoms with Crippen molar-refractivity contribution >= 4 is 23.6 Å². The van der Waals surface area contributed by atoms with E-state index in [0.29, 0.717) is 17.2 Å². The molecular formula is C16H20ClNO2. The van der Waals surface area contributed by atoms with Crippen molar-refractivity contribution in [2.75, 3.05) is 6.61 Å². The van der Waals surface area contributed by atoms with Gasteiger partial charge in [0.2, 0.25) is 0 Å². The Morgan fingerprint density at radius 1 is 1.25 bits per heavy atom. The average Bonchev–Trinajstić information content (AvgIpc) is 2.36. The minimum atomic E-state index is 0.0284. The van der Waals surface area contributed by atoms with Crippen molar-refractivity contribution in [3.8, 4) is 5.75 Å². The summed E-state index contributed by atoms with van der Waals surface area (Å²) in [6.45, 7) is 8.39. The second kappa shape index (κ2) is 5.88. The summed E-state index contributed by atoms with van der Waals surface area (Å²) in [5, 5.41) is 0.641. The van der Waals surface area contributed by atoms with Gasteiger partial charge in [0.05, 0.1) is 5.57 Å². The monoisotopic (exact) mass is 293 g/mol. The highest BCUT2D eigenvalue weighted by atomic mass is 35.5. The Balaban J connectivity index is 2.32. The van der Waals surface area contributed by atoms with E-state index in [9.17, 15) is 4.79 Å². The lowest BCUT2D eigenvalue weighted by atomic mass is 10.1. The number of rotatable bonds is 3. The molecule has 0 fully saturated rings. The van der Waals surface area contributed by atoms with Gasteiger partial charge in [-0.2, -0.15) is 0 Å². The van der Waals surface area contributed by atoms with Crippen LogP contribution in [-0.2, 0) is 4.79 Å². The first-order chi connectivity index (χ1) is 9.40. The molecule has 4 heteroatoms. The number of hydrogen-bond donors (Lipinski definition) is 0. The lowest BCUT2D eigenvalue weighted by molar-refractivity contribution is -0.130. The van der Waals surface area contributed by atoms with Gasteiger partial charge in [0.25, 0.3) is 5.91 Å². The van der Waals surface area contributed by atoms with Crippen molar-refractivity contribution < 1.29 is 9.53 Å². The topological polar surface area (TPSA) is 29.5 Å². The minimum absolute atomic E-state index is 0.0284. The van der Waals surface area contributed by atoms with E-state index in [2.05, 4.69) is 0 Å². The van der Waals surface area contributed by atoms with Crippen LogP contribution in [0.4, 0.5) is 0 Å². The van der Waals surface area contributed by atoms with Crippen molar-refractivity contribution in [1.29, 1.82) is 0 Å². The average molecular weight is 294 g/mol. The van der Waals surface area contributed by atoms with Crippen LogP contribution in [0.2, 0.25) is 5.02 Å². The highest BCUT2D eigenvalue weighted by molar-refractivity contribution is 6.30. The van der Waals surface area contributed by atoms with Crippen LogP contribution in [0, 0.1) is 0 Å². The summed E-state index contributed by atoms with van der Waals surface area (Å²) in [6.07, 6.45) is 1.88. The fourth-order valence-corrected chi connectivity index (χ4v) is 2.68. The normalized spacial score (nSPS) is 13.8. The van der Waals surface area contributed by atoms with E-state index in [-0.39, 0.29) is 18.0 Å². The Morgan fingerprint density at radius 3 is 2.50 bits per heavy atom. The molecule has 0 radical (unpaired) electrons. The zero-order valence-electron chi connectivity index (χ0n) is 12.3. The molecule has 0 saturated heterocycles. The van der Waals surface area contributed by atoms with Gasteiger partial charge in [0, 0.05) is 22.7 Å². The lowest BCUT2D eigenvalue weighted by Gasteiger charge is -2.32. The third-order valence-corrected chi connectivity index (χ3v) is 3.54. The predicted molar refractivity (Wildman–Crippen MR) is 82.0 cm³/mol. The molecule has 0 aromatic heterocycles. The first kappa shape index (κ1) is 14.9. The molecule has 0 spiro atoms. The van der Waals surface area contributed by atoms with Crippen LogP contribution < -0.4 is 4.74 Å². The van der Waals surface area contributed by atoms with Gasteiger partial charge in [-0.15, -0.1) is 0 Å². The third-order valence-electron chi connectivity index (χ3n) is 3.31. The van der Waals surface area contributed by atoms with Gasteiger partial charge in [-0.3, -0.25) is 4.79 Å². The van der Waals surface area contributed by atoms with Crippen LogP contribution in [0.15, 0.2) is 23.8 Å². The molecule has 1 aliphatic rings. The highest BCUT2D eigenvalue weighted by Crippen LogP contribution is 2.29. The van der Waals surface area contributed by atoms with E-state index >= 15 is 0 Å². The SMILES string of the molecule is CC(C)N(C(=O)C1=Cc2cc(Cl)ccc2OC1)C(C)C. The maximum Gasteiger partial charge on any atom is 0.253 e. The lowest BCUT2D eigenvalue weighted by Crippen LogP contribution is -2.43. The molecule has 0 N–H and O–H groups in total. The third kappa shape index (κ3) is 2.98. The van der Waals surface area contributed by atoms with Crippen LogP contribution in [0.25, 0.3) is 6.08 Å². The molecule has 1 aromatic rings. The van der Waals surface area contributed by atoms with E-state index in [1.807, 2.05) is 50.8 Å². The molecule has 108 valence electrons. The number of carbonyl (C=O) groups is 1. The van der Waals surface area contributed by atoms with E-state index in [0.717, 1.165) is 11.3 Å². The maximum absolute atomic E-state index is 12.6. The zero-order valence-corrected chi connectivity index (χ0v) is 13.1. The molecule has 1 heterocycles. The summed E-state index contributed by atoms with van der Waals surface area (Å²) < 4.78 is 5.65. The molecule has 0 unspecified atom stereocenters. The molecule has 0 atom stereocenters. The molecule has 2 rings (SSSR count). The number of carbonyl (C=O) groups excluding carboxylic acids is 1.